The molecule has 4 N–H and O–H groups in total. The van der Waals surface area contributed by atoms with Crippen molar-refractivity contribution < 1.29 is 19.7 Å². The maximum Gasteiger partial charge on any atom is 0.218 e. The number of amides is 1. The van der Waals surface area contributed by atoms with Crippen molar-refractivity contribution in [2.45, 2.75) is 89.7 Å². The van der Waals surface area contributed by atoms with E-state index in [1.165, 1.54) is 6.92 Å². The van der Waals surface area contributed by atoms with Gasteiger partial charge in [-0.2, -0.15) is 0 Å². The summed E-state index contributed by atoms with van der Waals surface area (Å²) in [6, 6.07) is 1.70. The molecule has 1 aromatic heterocycles. The number of nitrogens with zero attached hydrogens (tertiary/aromatic N) is 1. The largest absolute Gasteiger partial charge is 0.471 e. The van der Waals surface area contributed by atoms with Crippen LogP contribution in [0, 0.1) is 5.41 Å². The fourth-order valence-corrected chi connectivity index (χ4v) is 4.68. The van der Waals surface area contributed by atoms with Crippen molar-refractivity contribution in [3.05, 3.63) is 36.0 Å². The first-order chi connectivity index (χ1) is 14.5. The van der Waals surface area contributed by atoms with Crippen molar-refractivity contribution in [2.24, 2.45) is 5.41 Å². The fourth-order valence-electron chi connectivity index (χ4n) is 4.68. The average Bonchev–Trinajstić information content (AvgIpc) is 2.63. The lowest BCUT2D eigenvalue weighted by molar-refractivity contribution is -0.120. The Labute approximate surface area is 185 Å². The molecule has 0 unspecified atom stereocenters. The number of carbonyl (C=O) groups excluding carboxylic acids is 1. The number of hydrogen-bond acceptors (Lipinski definition) is 6. The molecule has 2 heterocycles. The van der Waals surface area contributed by atoms with Crippen LogP contribution < -0.4 is 15.4 Å². The zero-order chi connectivity index (χ0) is 22.8. The Hall–Kier alpha value is -1.96. The lowest BCUT2D eigenvalue weighted by atomic mass is 9.71. The van der Waals surface area contributed by atoms with Gasteiger partial charge < -0.3 is 25.6 Å². The highest BCUT2D eigenvalue weighted by atomic mass is 16.5. The smallest absolute Gasteiger partial charge is 0.218 e. The Balaban J connectivity index is 1.78. The minimum Gasteiger partial charge on any atom is -0.471 e. The predicted molar refractivity (Wildman–Crippen MR) is 120 cm³/mol. The van der Waals surface area contributed by atoms with Crippen LogP contribution in [-0.4, -0.2) is 51.5 Å². The van der Waals surface area contributed by atoms with Crippen LogP contribution in [0.25, 0.3) is 0 Å². The van der Waals surface area contributed by atoms with E-state index in [-0.39, 0.29) is 23.5 Å². The molecule has 7 heteroatoms. The Morgan fingerprint density at radius 3 is 2.71 bits per heavy atom. The van der Waals surface area contributed by atoms with Crippen molar-refractivity contribution in [3.63, 3.8) is 0 Å². The van der Waals surface area contributed by atoms with Gasteiger partial charge in [0.25, 0.3) is 0 Å². The number of fused-ring (bicyclic) bond motifs is 1. The van der Waals surface area contributed by atoms with Gasteiger partial charge in [0.15, 0.2) is 0 Å². The minimum absolute atomic E-state index is 0.0555. The maximum atomic E-state index is 11.5. The molecule has 172 valence electrons. The molecule has 2 aliphatic rings. The summed E-state index contributed by atoms with van der Waals surface area (Å²) in [5.74, 6) is 0.424. The summed E-state index contributed by atoms with van der Waals surface area (Å²) in [5.41, 5.74) is 1.86. The number of nitrogens with one attached hydrogen (secondary N) is 2. The van der Waals surface area contributed by atoms with E-state index in [0.29, 0.717) is 38.1 Å². The molecular formula is C24H37N3O4. The van der Waals surface area contributed by atoms with E-state index in [9.17, 15) is 15.0 Å². The Bertz CT molecular complexity index is 799. The average molecular weight is 432 g/mol. The molecule has 1 aromatic rings. The predicted octanol–water partition coefficient (Wildman–Crippen LogP) is 2.42. The SMILES string of the molecule is C=CC[C@H](NC(C)=O)[C@H](O)CN[C@H]1CC2(CC(O)C2)Oc2ncc(CC(C)(C)C)cc21. The summed E-state index contributed by atoms with van der Waals surface area (Å²) in [7, 11) is 0. The first-order valence-corrected chi connectivity index (χ1v) is 11.2. The summed E-state index contributed by atoms with van der Waals surface area (Å²) in [5, 5.41) is 26.9. The molecule has 1 aliphatic carbocycles. The zero-order valence-electron chi connectivity index (χ0n) is 19.1. The van der Waals surface area contributed by atoms with Gasteiger partial charge in [-0.15, -0.1) is 6.58 Å². The third kappa shape index (κ3) is 6.05. The van der Waals surface area contributed by atoms with Crippen LogP contribution in [0.4, 0.5) is 0 Å². The Morgan fingerprint density at radius 2 is 2.13 bits per heavy atom. The number of aromatic nitrogens is 1. The van der Waals surface area contributed by atoms with Gasteiger partial charge in [-0.25, -0.2) is 4.98 Å². The van der Waals surface area contributed by atoms with Crippen molar-refractivity contribution in [2.75, 3.05) is 6.54 Å². The molecule has 1 spiro atoms. The molecule has 0 radical (unpaired) electrons. The van der Waals surface area contributed by atoms with Gasteiger partial charge >= 0.3 is 0 Å². The van der Waals surface area contributed by atoms with Crippen LogP contribution in [0.3, 0.4) is 0 Å². The van der Waals surface area contributed by atoms with E-state index < -0.39 is 17.7 Å². The molecule has 1 aliphatic heterocycles. The molecule has 1 fully saturated rings. The lowest BCUT2D eigenvalue weighted by Gasteiger charge is -2.50. The summed E-state index contributed by atoms with van der Waals surface area (Å²) >= 11 is 0. The third-order valence-corrected chi connectivity index (χ3v) is 6.00. The normalized spacial score (nSPS) is 26.9. The molecule has 3 atom stereocenters. The monoisotopic (exact) mass is 431 g/mol. The van der Waals surface area contributed by atoms with Crippen LogP contribution in [0.1, 0.15) is 70.5 Å². The van der Waals surface area contributed by atoms with Crippen LogP contribution >= 0.6 is 0 Å². The van der Waals surface area contributed by atoms with Gasteiger partial charge in [-0.3, -0.25) is 4.79 Å². The molecular weight excluding hydrogens is 394 g/mol. The number of hydrogen-bond donors (Lipinski definition) is 4. The molecule has 0 bridgehead atoms. The second-order valence-electron chi connectivity index (χ2n) is 10.4. The van der Waals surface area contributed by atoms with Crippen LogP contribution in [0.2, 0.25) is 0 Å². The topological polar surface area (TPSA) is 104 Å². The van der Waals surface area contributed by atoms with Gasteiger partial charge in [0.05, 0.1) is 18.2 Å². The van der Waals surface area contributed by atoms with Gasteiger partial charge in [0.2, 0.25) is 11.8 Å². The number of aliphatic hydroxyl groups excluding tert-OH is 2. The Kier molecular flexibility index (Phi) is 7.08. The first kappa shape index (κ1) is 23.7. The quantitative estimate of drug-likeness (QED) is 0.472. The van der Waals surface area contributed by atoms with E-state index in [1.54, 1.807) is 6.08 Å². The number of pyridine rings is 1. The summed E-state index contributed by atoms with van der Waals surface area (Å²) in [4.78, 5) is 16.1. The molecule has 31 heavy (non-hydrogen) atoms. The van der Waals surface area contributed by atoms with Gasteiger partial charge in [-0.05, 0) is 29.9 Å². The number of carbonyl (C=O) groups is 1. The second kappa shape index (κ2) is 9.27. The summed E-state index contributed by atoms with van der Waals surface area (Å²) in [6.45, 7) is 12.1. The zero-order valence-corrected chi connectivity index (χ0v) is 19.1. The van der Waals surface area contributed by atoms with Crippen LogP contribution in [-0.2, 0) is 11.2 Å². The molecule has 1 amide bonds. The van der Waals surface area contributed by atoms with Gasteiger partial charge in [-0.1, -0.05) is 26.8 Å². The number of aliphatic hydroxyl groups is 2. The number of rotatable bonds is 8. The van der Waals surface area contributed by atoms with Crippen molar-refractivity contribution in [1.82, 2.24) is 15.6 Å². The highest BCUT2D eigenvalue weighted by Crippen LogP contribution is 2.48. The highest BCUT2D eigenvalue weighted by Gasteiger charge is 2.51. The Morgan fingerprint density at radius 1 is 1.42 bits per heavy atom. The van der Waals surface area contributed by atoms with Crippen molar-refractivity contribution in [3.8, 4) is 5.88 Å². The van der Waals surface area contributed by atoms with E-state index in [1.807, 2.05) is 6.20 Å². The van der Waals surface area contributed by atoms with Gasteiger partial charge in [0, 0.05) is 50.5 Å². The van der Waals surface area contributed by atoms with E-state index in [4.69, 9.17) is 4.74 Å². The lowest BCUT2D eigenvalue weighted by Crippen LogP contribution is -2.56. The van der Waals surface area contributed by atoms with E-state index in [2.05, 4.69) is 49.0 Å². The van der Waals surface area contributed by atoms with Crippen molar-refractivity contribution in [1.29, 1.82) is 0 Å². The molecule has 7 nitrogen and oxygen atoms in total. The van der Waals surface area contributed by atoms with E-state index >= 15 is 0 Å². The fraction of sp³-hybridized carbons (Fsp3) is 0.667. The highest BCUT2D eigenvalue weighted by molar-refractivity contribution is 5.73. The number of ether oxygens (including phenoxy) is 1. The molecule has 0 aromatic carbocycles. The minimum atomic E-state index is -0.762. The van der Waals surface area contributed by atoms with Crippen LogP contribution in [0.15, 0.2) is 24.9 Å². The summed E-state index contributed by atoms with van der Waals surface area (Å²) in [6.07, 6.45) is 5.73. The molecule has 1 saturated carbocycles. The first-order valence-electron chi connectivity index (χ1n) is 11.2. The maximum absolute atomic E-state index is 11.5. The van der Waals surface area contributed by atoms with Crippen LogP contribution in [0.5, 0.6) is 5.88 Å². The molecule has 0 saturated heterocycles. The second-order valence-corrected chi connectivity index (χ2v) is 10.4. The summed E-state index contributed by atoms with van der Waals surface area (Å²) < 4.78 is 6.24. The molecule has 3 rings (SSSR count). The van der Waals surface area contributed by atoms with Crippen molar-refractivity contribution >= 4 is 5.91 Å². The standard InChI is InChI=1S/C24H37N3O4/c1-6-7-19(27-15(2)28)21(30)14-25-20-12-24(10-17(29)11-24)31-22-18(20)8-16(13-26-22)9-23(3,4)5/h6,8,13,17,19-21,25,29-30H,1,7,9-12,14H2,2-5H3,(H,27,28)/t17?,19-,20-,21+,24?/m0/s1. The third-order valence-electron chi connectivity index (χ3n) is 6.00. The van der Waals surface area contributed by atoms with E-state index in [0.717, 1.165) is 17.5 Å². The van der Waals surface area contributed by atoms with Gasteiger partial charge in [0.1, 0.15) is 5.60 Å².